The minimum absolute atomic E-state index is 0.00607. The maximum Gasteiger partial charge on any atom is 0.277 e. The molecule has 3 aliphatic heterocycles. The maximum absolute atomic E-state index is 13.8. The number of carbonyl (C=O) groups excluding carboxylic acids is 1. The Labute approximate surface area is 232 Å². The highest BCUT2D eigenvalue weighted by Crippen LogP contribution is 2.38. The molecule has 39 heavy (non-hydrogen) atoms. The SMILES string of the molecule is O=C(C[C@H]1CN2CCC1CC2)c1cc2ccc(N(S(=O)(=O)c3ccccc3)S(=O)(=O)c3ccccc3)cc2s1. The summed E-state index contributed by atoms with van der Waals surface area (Å²) < 4.78 is 56.3. The number of sulfonamides is 2. The van der Waals surface area contributed by atoms with Crippen molar-refractivity contribution in [2.75, 3.05) is 23.3 Å². The largest absolute Gasteiger partial charge is 0.303 e. The zero-order chi connectivity index (χ0) is 27.2. The highest BCUT2D eigenvalue weighted by molar-refractivity contribution is 8.10. The summed E-state index contributed by atoms with van der Waals surface area (Å²) in [6, 6.07) is 21.6. The van der Waals surface area contributed by atoms with Crippen molar-refractivity contribution in [3.05, 3.63) is 89.8 Å². The summed E-state index contributed by atoms with van der Waals surface area (Å²) in [6.45, 7) is 3.21. The van der Waals surface area contributed by atoms with Gasteiger partial charge in [-0.1, -0.05) is 42.5 Å². The van der Waals surface area contributed by atoms with Crippen molar-refractivity contribution in [3.8, 4) is 0 Å². The average molecular weight is 581 g/mol. The summed E-state index contributed by atoms with van der Waals surface area (Å²) in [5.41, 5.74) is -0.00607. The Hall–Kier alpha value is -3.05. The summed E-state index contributed by atoms with van der Waals surface area (Å²) in [5.74, 6) is 1.05. The first-order chi connectivity index (χ1) is 18.7. The van der Waals surface area contributed by atoms with Gasteiger partial charge >= 0.3 is 0 Å². The second-order valence-electron chi connectivity index (χ2n) is 10.2. The van der Waals surface area contributed by atoms with Gasteiger partial charge in [0.15, 0.2) is 5.78 Å². The Morgan fingerprint density at radius 2 is 1.41 bits per heavy atom. The van der Waals surface area contributed by atoms with Gasteiger partial charge in [0.1, 0.15) is 0 Å². The van der Waals surface area contributed by atoms with Gasteiger partial charge in [-0.25, -0.2) is 16.8 Å². The van der Waals surface area contributed by atoms with Gasteiger partial charge in [0.05, 0.1) is 20.4 Å². The van der Waals surface area contributed by atoms with Gasteiger partial charge in [0, 0.05) is 17.7 Å². The van der Waals surface area contributed by atoms with Crippen molar-refractivity contribution in [3.63, 3.8) is 0 Å². The third kappa shape index (κ3) is 4.91. The molecule has 0 radical (unpaired) electrons. The highest BCUT2D eigenvalue weighted by Gasteiger charge is 2.38. The Morgan fingerprint density at radius 1 is 0.821 bits per heavy atom. The monoisotopic (exact) mass is 580 g/mol. The molecule has 202 valence electrons. The minimum Gasteiger partial charge on any atom is -0.303 e. The molecule has 0 aliphatic carbocycles. The van der Waals surface area contributed by atoms with Crippen molar-refractivity contribution < 1.29 is 21.6 Å². The molecule has 0 N–H and O–H groups in total. The average Bonchev–Trinajstić information content (AvgIpc) is 3.38. The third-order valence-corrected chi connectivity index (χ3v) is 13.1. The van der Waals surface area contributed by atoms with Gasteiger partial charge in [0.2, 0.25) is 0 Å². The number of benzene rings is 3. The molecular formula is C29H28N2O5S3. The van der Waals surface area contributed by atoms with E-state index in [2.05, 4.69) is 4.90 Å². The van der Waals surface area contributed by atoms with Crippen LogP contribution in [0.4, 0.5) is 5.69 Å². The van der Waals surface area contributed by atoms with E-state index in [4.69, 9.17) is 0 Å². The Morgan fingerprint density at radius 3 is 1.95 bits per heavy atom. The number of nitrogens with zero attached hydrogens (tertiary/aromatic N) is 2. The van der Waals surface area contributed by atoms with Crippen LogP contribution in [0.2, 0.25) is 0 Å². The molecule has 1 aromatic heterocycles. The molecule has 1 atom stereocenters. The summed E-state index contributed by atoms with van der Waals surface area (Å²) in [6.07, 6.45) is 2.79. The number of ketones is 1. The van der Waals surface area contributed by atoms with Crippen LogP contribution >= 0.6 is 11.3 Å². The van der Waals surface area contributed by atoms with Crippen LogP contribution in [-0.4, -0.2) is 47.2 Å². The number of thiophene rings is 1. The first kappa shape index (κ1) is 26.2. The van der Waals surface area contributed by atoms with Gasteiger partial charge in [-0.2, -0.15) is 3.71 Å². The van der Waals surface area contributed by atoms with Gasteiger partial charge in [0.25, 0.3) is 20.0 Å². The summed E-state index contributed by atoms with van der Waals surface area (Å²) >= 11 is 1.28. The molecule has 2 bridgehead atoms. The minimum atomic E-state index is -4.48. The molecule has 0 unspecified atom stereocenters. The number of carbonyl (C=O) groups is 1. The maximum atomic E-state index is 13.8. The predicted molar refractivity (Wildman–Crippen MR) is 153 cm³/mol. The van der Waals surface area contributed by atoms with Gasteiger partial charge < -0.3 is 4.90 Å². The predicted octanol–water partition coefficient (Wildman–Crippen LogP) is 5.40. The van der Waals surface area contributed by atoms with E-state index in [0.717, 1.165) is 37.9 Å². The lowest BCUT2D eigenvalue weighted by Crippen LogP contribution is -2.47. The fraction of sp³-hybridized carbons (Fsp3) is 0.276. The summed E-state index contributed by atoms with van der Waals surface area (Å²) in [5, 5.41) is 0.773. The van der Waals surface area contributed by atoms with Crippen LogP contribution in [0.25, 0.3) is 10.1 Å². The van der Waals surface area contributed by atoms with Crippen molar-refractivity contribution in [1.82, 2.24) is 4.90 Å². The van der Waals surface area contributed by atoms with Crippen LogP contribution in [0.1, 0.15) is 28.9 Å². The fourth-order valence-electron chi connectivity index (χ4n) is 5.71. The molecule has 3 aliphatic rings. The molecule has 4 aromatic rings. The van der Waals surface area contributed by atoms with Crippen molar-refractivity contribution in [2.45, 2.75) is 29.1 Å². The highest BCUT2D eigenvalue weighted by atomic mass is 32.3. The molecule has 3 fully saturated rings. The van der Waals surface area contributed by atoms with Crippen LogP contribution in [0, 0.1) is 11.8 Å². The smallest absolute Gasteiger partial charge is 0.277 e. The second kappa shape index (κ2) is 10.2. The van der Waals surface area contributed by atoms with E-state index in [-0.39, 0.29) is 21.3 Å². The van der Waals surface area contributed by atoms with E-state index in [9.17, 15) is 21.6 Å². The van der Waals surface area contributed by atoms with E-state index < -0.39 is 20.0 Å². The number of hydrogen-bond donors (Lipinski definition) is 0. The van der Waals surface area contributed by atoms with Crippen LogP contribution < -0.4 is 3.71 Å². The van der Waals surface area contributed by atoms with Crippen LogP contribution in [0.15, 0.2) is 94.7 Å². The van der Waals surface area contributed by atoms with Crippen LogP contribution in [-0.2, 0) is 20.0 Å². The second-order valence-corrected chi connectivity index (χ2v) is 15.1. The van der Waals surface area contributed by atoms with E-state index in [0.29, 0.717) is 31.5 Å². The zero-order valence-corrected chi connectivity index (χ0v) is 23.6. The first-order valence-corrected chi connectivity index (χ1v) is 16.6. The van der Waals surface area contributed by atoms with Crippen molar-refractivity contribution in [2.24, 2.45) is 11.8 Å². The molecule has 7 nitrogen and oxygen atoms in total. The topological polar surface area (TPSA) is 91.8 Å². The van der Waals surface area contributed by atoms with E-state index in [1.165, 1.54) is 41.7 Å². The Kier molecular flexibility index (Phi) is 6.83. The molecule has 4 heterocycles. The number of Topliss-reactive ketones (excluding diaryl/α,β-unsaturated/α-hetero) is 1. The number of piperidine rings is 3. The number of fused-ring (bicyclic) bond motifs is 4. The molecule has 3 saturated heterocycles. The number of rotatable bonds is 8. The first-order valence-electron chi connectivity index (χ1n) is 12.9. The third-order valence-electron chi connectivity index (χ3n) is 7.75. The van der Waals surface area contributed by atoms with E-state index in [1.807, 2.05) is 6.07 Å². The molecule has 0 spiro atoms. The molecule has 7 rings (SSSR count). The van der Waals surface area contributed by atoms with Gasteiger partial charge in [-0.05, 0) is 85.6 Å². The number of hydrogen-bond acceptors (Lipinski definition) is 7. The van der Waals surface area contributed by atoms with Crippen LogP contribution in [0.3, 0.4) is 0 Å². The standard InChI is InChI=1S/C29H28N2O5S3/c32-27(17-23-20-30-15-13-21(23)14-16-30)29-18-22-11-12-24(19-28(22)37-29)31(38(33,34)25-7-3-1-4-8-25)39(35,36)26-9-5-2-6-10-26/h1-12,18-19,21,23H,13-17,20H2/t23-/m0/s1. The molecular weight excluding hydrogens is 553 g/mol. The lowest BCUT2D eigenvalue weighted by Gasteiger charge is -2.44. The quantitative estimate of drug-likeness (QED) is 0.259. The summed E-state index contributed by atoms with van der Waals surface area (Å²) in [7, 11) is -8.97. The normalized spacial score (nSPS) is 21.2. The van der Waals surface area contributed by atoms with Crippen molar-refractivity contribution >= 4 is 52.9 Å². The zero-order valence-electron chi connectivity index (χ0n) is 21.1. The molecule has 10 heteroatoms. The Bertz CT molecular complexity index is 1660. The molecule has 0 amide bonds. The summed E-state index contributed by atoms with van der Waals surface area (Å²) in [4.78, 5) is 16.0. The van der Waals surface area contributed by atoms with E-state index in [1.54, 1.807) is 48.5 Å². The lowest BCUT2D eigenvalue weighted by atomic mass is 9.76. The van der Waals surface area contributed by atoms with Gasteiger partial charge in [-0.3, -0.25) is 4.79 Å². The van der Waals surface area contributed by atoms with E-state index >= 15 is 0 Å². The van der Waals surface area contributed by atoms with Gasteiger partial charge in [-0.15, -0.1) is 11.3 Å². The molecule has 0 saturated carbocycles. The lowest BCUT2D eigenvalue weighted by molar-refractivity contribution is 0.0442. The van der Waals surface area contributed by atoms with Crippen LogP contribution in [0.5, 0.6) is 0 Å². The molecule has 3 aromatic carbocycles. The number of anilines is 1. The Balaban J connectivity index is 1.38. The fourth-order valence-corrected chi connectivity index (χ4v) is 10.5. The van der Waals surface area contributed by atoms with Crippen molar-refractivity contribution in [1.29, 1.82) is 0 Å².